The van der Waals surface area contributed by atoms with Gasteiger partial charge in [-0.05, 0) is 78.2 Å². The van der Waals surface area contributed by atoms with Crippen molar-refractivity contribution in [3.05, 3.63) is 193 Å². The monoisotopic (exact) mass is 699 g/mol. The lowest BCUT2D eigenvalue weighted by Crippen LogP contribution is -2.00. The van der Waals surface area contributed by atoms with Gasteiger partial charge in [-0.3, -0.25) is 0 Å². The Hall–Kier alpha value is -7.86. The Morgan fingerprint density at radius 2 is 0.855 bits per heavy atom. The fourth-order valence-electron chi connectivity index (χ4n) is 8.76. The fourth-order valence-corrected chi connectivity index (χ4v) is 8.76. The zero-order valence-electron chi connectivity index (χ0n) is 29.5. The van der Waals surface area contributed by atoms with E-state index in [0.717, 1.165) is 66.4 Å². The summed E-state index contributed by atoms with van der Waals surface area (Å²) in [4.78, 5) is 3.68. The smallest absolute Gasteiger partial charge is 0.188 e. The summed E-state index contributed by atoms with van der Waals surface area (Å²) in [5.41, 5.74) is 12.6. The number of benzene rings is 8. The Morgan fingerprint density at radius 1 is 0.400 bits per heavy atom. The molecule has 0 atom stereocenters. The first-order chi connectivity index (χ1) is 27.2. The number of nitrogens with zero attached hydrogens (tertiary/aromatic N) is 5. The Kier molecular flexibility index (Phi) is 6.61. The second-order valence-corrected chi connectivity index (χ2v) is 13.9. The molecule has 0 aliphatic rings. The lowest BCUT2D eigenvalue weighted by atomic mass is 9.97. The van der Waals surface area contributed by atoms with E-state index >= 15 is 0 Å². The van der Waals surface area contributed by atoms with E-state index in [4.69, 9.17) is 6.57 Å². The van der Waals surface area contributed by atoms with Gasteiger partial charge in [0.1, 0.15) is 0 Å². The molecule has 3 heterocycles. The van der Waals surface area contributed by atoms with Crippen molar-refractivity contribution >= 4 is 71.1 Å². The van der Waals surface area contributed by atoms with Gasteiger partial charge in [-0.1, -0.05) is 103 Å². The van der Waals surface area contributed by atoms with Crippen LogP contribution in [0.2, 0.25) is 0 Å². The van der Waals surface area contributed by atoms with Gasteiger partial charge in [0.05, 0.1) is 57.0 Å². The normalized spacial score (nSPS) is 11.6. The van der Waals surface area contributed by atoms with Crippen LogP contribution in [0.25, 0.3) is 98.5 Å². The van der Waals surface area contributed by atoms with E-state index in [9.17, 15) is 5.26 Å². The average molecular weight is 700 g/mol. The maximum absolute atomic E-state index is 10.7. The number of hydrogen-bond donors (Lipinski definition) is 0. The van der Waals surface area contributed by atoms with Crippen molar-refractivity contribution in [3.63, 3.8) is 0 Å². The predicted molar refractivity (Wildman–Crippen MR) is 226 cm³/mol. The van der Waals surface area contributed by atoms with Crippen LogP contribution in [-0.2, 0) is 0 Å². The first-order valence-corrected chi connectivity index (χ1v) is 18.3. The maximum Gasteiger partial charge on any atom is 0.188 e. The molecule has 11 rings (SSSR count). The first kappa shape index (κ1) is 30.7. The lowest BCUT2D eigenvalue weighted by molar-refractivity contribution is 1.16. The molecule has 0 N–H and O–H groups in total. The average Bonchev–Trinajstić information content (AvgIpc) is 3.88. The van der Waals surface area contributed by atoms with Gasteiger partial charge in [0.25, 0.3) is 0 Å². The second-order valence-electron chi connectivity index (χ2n) is 13.9. The van der Waals surface area contributed by atoms with Crippen LogP contribution in [-0.4, -0.2) is 13.7 Å². The molecule has 0 saturated carbocycles. The molecular weight excluding hydrogens is 671 g/mol. The van der Waals surface area contributed by atoms with E-state index < -0.39 is 0 Å². The van der Waals surface area contributed by atoms with Crippen molar-refractivity contribution < 1.29 is 0 Å². The molecule has 0 aliphatic carbocycles. The molecule has 0 saturated heterocycles. The summed E-state index contributed by atoms with van der Waals surface area (Å²) in [6, 6.07) is 63.8. The number of nitriles is 1. The maximum atomic E-state index is 10.7. The van der Waals surface area contributed by atoms with Crippen molar-refractivity contribution in [2.45, 2.75) is 0 Å². The molecule has 55 heavy (non-hydrogen) atoms. The highest BCUT2D eigenvalue weighted by Crippen LogP contribution is 2.41. The van der Waals surface area contributed by atoms with Crippen molar-refractivity contribution in [2.24, 2.45) is 0 Å². The quantitative estimate of drug-likeness (QED) is 0.169. The van der Waals surface area contributed by atoms with Gasteiger partial charge in [-0.25, -0.2) is 4.85 Å². The van der Waals surface area contributed by atoms with E-state index in [1.807, 2.05) is 42.5 Å². The number of aromatic nitrogens is 3. The van der Waals surface area contributed by atoms with Gasteiger partial charge in [-0.2, -0.15) is 5.26 Å². The Labute approximate surface area is 316 Å². The highest BCUT2D eigenvalue weighted by atomic mass is 15.0. The highest BCUT2D eigenvalue weighted by Gasteiger charge is 2.20. The largest absolute Gasteiger partial charge is 0.309 e. The van der Waals surface area contributed by atoms with Crippen LogP contribution in [0.3, 0.4) is 0 Å². The zero-order chi connectivity index (χ0) is 36.6. The van der Waals surface area contributed by atoms with Gasteiger partial charge in [0.2, 0.25) is 0 Å². The number of fused-ring (bicyclic) bond motifs is 9. The molecule has 254 valence electrons. The molecule has 5 heteroatoms. The Bertz CT molecular complexity index is 3420. The summed E-state index contributed by atoms with van der Waals surface area (Å²) in [6.07, 6.45) is 0. The highest BCUT2D eigenvalue weighted by molar-refractivity contribution is 6.13. The zero-order valence-corrected chi connectivity index (χ0v) is 29.5. The van der Waals surface area contributed by atoms with E-state index in [1.54, 1.807) is 0 Å². The molecule has 5 nitrogen and oxygen atoms in total. The molecule has 8 aromatic carbocycles. The molecule has 3 aromatic heterocycles. The Balaban J connectivity index is 1.11. The van der Waals surface area contributed by atoms with Crippen LogP contribution >= 0.6 is 0 Å². The fraction of sp³-hybridized carbons (Fsp3) is 0. The van der Waals surface area contributed by atoms with Crippen molar-refractivity contribution in [3.8, 4) is 34.3 Å². The number of rotatable bonds is 4. The topological polar surface area (TPSA) is 42.9 Å². The van der Waals surface area contributed by atoms with Crippen molar-refractivity contribution in [1.29, 1.82) is 5.26 Å². The number of hydrogen-bond acceptors (Lipinski definition) is 1. The van der Waals surface area contributed by atoms with E-state index in [-0.39, 0.29) is 0 Å². The molecule has 0 fully saturated rings. The molecule has 0 bridgehead atoms. The summed E-state index contributed by atoms with van der Waals surface area (Å²) in [5.74, 6) is 0. The van der Waals surface area contributed by atoms with Crippen LogP contribution in [0, 0.1) is 17.9 Å². The third kappa shape index (κ3) is 4.45. The van der Waals surface area contributed by atoms with Crippen LogP contribution in [0.5, 0.6) is 0 Å². The molecule has 0 amide bonds. The van der Waals surface area contributed by atoms with Gasteiger partial charge < -0.3 is 13.7 Å². The molecule has 0 spiro atoms. The van der Waals surface area contributed by atoms with Crippen molar-refractivity contribution in [1.82, 2.24) is 13.7 Å². The minimum Gasteiger partial charge on any atom is -0.309 e. The molecule has 0 aliphatic heterocycles. The van der Waals surface area contributed by atoms with Crippen molar-refractivity contribution in [2.75, 3.05) is 0 Å². The first-order valence-electron chi connectivity index (χ1n) is 18.3. The van der Waals surface area contributed by atoms with Gasteiger partial charge in [0, 0.05) is 49.4 Å². The Morgan fingerprint density at radius 3 is 1.47 bits per heavy atom. The van der Waals surface area contributed by atoms with E-state index in [1.165, 1.54) is 27.2 Å². The minimum absolute atomic E-state index is 0.586. The molecule has 0 unspecified atom stereocenters. The minimum atomic E-state index is 0.586. The lowest BCUT2D eigenvalue weighted by Gasteiger charge is -2.16. The summed E-state index contributed by atoms with van der Waals surface area (Å²) in [5, 5.41) is 17.6. The number of para-hydroxylation sites is 5. The molecule has 0 radical (unpaired) electrons. The van der Waals surface area contributed by atoms with Gasteiger partial charge in [-0.15, -0.1) is 0 Å². The van der Waals surface area contributed by atoms with Gasteiger partial charge >= 0.3 is 0 Å². The SMILES string of the molecule is [C-]#[N+]c1ccc2c(c1)c1ccccc1n2-c1ccc(-c2ccccc2-n2c3ccccc3c3cc(-n4c5ccccc5c5ccccc54)ccc32)c(C#N)c1. The van der Waals surface area contributed by atoms with Gasteiger partial charge in [0.15, 0.2) is 5.69 Å². The summed E-state index contributed by atoms with van der Waals surface area (Å²) < 4.78 is 6.90. The summed E-state index contributed by atoms with van der Waals surface area (Å²) in [6.45, 7) is 7.59. The van der Waals surface area contributed by atoms with Crippen LogP contribution in [0.1, 0.15) is 5.56 Å². The third-order valence-electron chi connectivity index (χ3n) is 11.1. The summed E-state index contributed by atoms with van der Waals surface area (Å²) >= 11 is 0. The van der Waals surface area contributed by atoms with Crippen LogP contribution in [0.15, 0.2) is 176 Å². The van der Waals surface area contributed by atoms with Crippen LogP contribution < -0.4 is 0 Å². The standard InChI is InChI=1S/C50H29N5/c1-52-33-22-26-49-42(29-33)40-15-5-9-19-46(40)53(49)34-23-25-36(32(28-34)31-51)37-12-2-10-20-47(37)55-48-21-11-6-16-41(48)43-30-35(24-27-50(43)55)54-44-17-7-3-13-38(44)39-14-4-8-18-45(39)54/h2-30H. The second kappa shape index (κ2) is 11.8. The van der Waals surface area contributed by atoms with Crippen LogP contribution in [0.4, 0.5) is 5.69 Å². The molecular formula is C50H29N5. The van der Waals surface area contributed by atoms with E-state index in [0.29, 0.717) is 11.3 Å². The molecule has 11 aromatic rings. The third-order valence-corrected chi connectivity index (χ3v) is 11.1. The van der Waals surface area contributed by atoms with E-state index in [2.05, 4.69) is 158 Å². The summed E-state index contributed by atoms with van der Waals surface area (Å²) in [7, 11) is 0. The predicted octanol–water partition coefficient (Wildman–Crippen LogP) is 13.1.